The van der Waals surface area contributed by atoms with E-state index in [4.69, 9.17) is 10.5 Å². The van der Waals surface area contributed by atoms with Crippen molar-refractivity contribution in [3.63, 3.8) is 0 Å². The van der Waals surface area contributed by atoms with Crippen LogP contribution in [0.2, 0.25) is 0 Å². The molecule has 0 aliphatic rings. The predicted octanol–water partition coefficient (Wildman–Crippen LogP) is 1.63. The van der Waals surface area contributed by atoms with Crippen LogP contribution >= 0.6 is 12.4 Å². The Balaban J connectivity index is 0.00000529. The minimum Gasteiger partial charge on any atom is -0.384 e. The molecule has 3 N–H and O–H groups in total. The van der Waals surface area contributed by atoms with Crippen molar-refractivity contribution in [3.8, 4) is 0 Å². The Morgan fingerprint density at radius 1 is 1.29 bits per heavy atom. The van der Waals surface area contributed by atoms with E-state index in [-0.39, 0.29) is 41.5 Å². The molecular weight excluding hydrogens is 352 g/mol. The first-order valence-electron chi connectivity index (χ1n) is 7.50. The van der Waals surface area contributed by atoms with Crippen molar-refractivity contribution in [2.24, 2.45) is 11.7 Å². The summed E-state index contributed by atoms with van der Waals surface area (Å²) in [6, 6.07) is 5.89. The molecule has 0 saturated heterocycles. The first kappa shape index (κ1) is 22.9. The van der Waals surface area contributed by atoms with E-state index in [1.807, 2.05) is 20.8 Å². The van der Waals surface area contributed by atoms with Gasteiger partial charge in [-0.2, -0.15) is 0 Å². The van der Waals surface area contributed by atoms with Crippen LogP contribution in [0.5, 0.6) is 0 Å². The number of carbonyl (C=O) groups is 1. The summed E-state index contributed by atoms with van der Waals surface area (Å²) >= 11 is 0. The van der Waals surface area contributed by atoms with E-state index in [1.165, 1.54) is 31.4 Å². The van der Waals surface area contributed by atoms with Gasteiger partial charge < -0.3 is 15.8 Å². The Morgan fingerprint density at radius 2 is 1.83 bits per heavy atom. The average molecular weight is 379 g/mol. The molecule has 0 aliphatic carbocycles. The van der Waals surface area contributed by atoms with Crippen LogP contribution in [-0.2, 0) is 14.6 Å². The maximum atomic E-state index is 12.3. The fraction of sp³-hybridized carbons (Fsp3) is 0.562. The third kappa shape index (κ3) is 5.73. The van der Waals surface area contributed by atoms with Crippen molar-refractivity contribution < 1.29 is 17.9 Å². The number of halogens is 1. The van der Waals surface area contributed by atoms with Gasteiger partial charge in [-0.3, -0.25) is 4.79 Å². The molecule has 0 aromatic heterocycles. The number of sulfone groups is 1. The summed E-state index contributed by atoms with van der Waals surface area (Å²) in [6.45, 7) is 6.31. The van der Waals surface area contributed by atoms with Crippen LogP contribution in [0.25, 0.3) is 0 Å². The number of benzene rings is 1. The molecule has 138 valence electrons. The van der Waals surface area contributed by atoms with Gasteiger partial charge in [-0.25, -0.2) is 8.42 Å². The zero-order chi connectivity index (χ0) is 17.7. The molecule has 0 spiro atoms. The van der Waals surface area contributed by atoms with Crippen LogP contribution in [0, 0.1) is 5.92 Å². The number of hydrogen-bond donors (Lipinski definition) is 2. The van der Waals surface area contributed by atoms with Crippen molar-refractivity contribution in [1.82, 2.24) is 5.32 Å². The fourth-order valence-electron chi connectivity index (χ4n) is 1.89. The topological polar surface area (TPSA) is 98.5 Å². The minimum absolute atomic E-state index is 0. The highest BCUT2D eigenvalue weighted by Gasteiger charge is 2.29. The van der Waals surface area contributed by atoms with Gasteiger partial charge >= 0.3 is 0 Å². The molecule has 24 heavy (non-hydrogen) atoms. The summed E-state index contributed by atoms with van der Waals surface area (Å²) in [6.07, 6.45) is 0. The number of amides is 1. The summed E-state index contributed by atoms with van der Waals surface area (Å²) in [5, 5.41) is 2.92. The molecule has 0 heterocycles. The van der Waals surface area contributed by atoms with E-state index in [0.29, 0.717) is 12.1 Å². The normalized spacial score (nSPS) is 13.9. The Bertz CT molecular complexity index is 632. The molecule has 1 atom stereocenters. The molecule has 0 aliphatic heterocycles. The standard InChI is InChI=1S/C16H26N2O4S.ClH/c1-12(2)16(3,11-17)18-15(19)13-5-7-14(8-6-13)23(20,21)10-9-22-4;/h5-8,12H,9-11,17H2,1-4H3,(H,18,19);1H. The minimum atomic E-state index is -3.39. The lowest BCUT2D eigenvalue weighted by atomic mass is 9.88. The largest absolute Gasteiger partial charge is 0.384 e. The Labute approximate surface area is 150 Å². The summed E-state index contributed by atoms with van der Waals surface area (Å²) in [5.41, 5.74) is 5.64. The zero-order valence-electron chi connectivity index (χ0n) is 14.5. The monoisotopic (exact) mass is 378 g/mol. The van der Waals surface area contributed by atoms with Crippen molar-refractivity contribution in [3.05, 3.63) is 29.8 Å². The SMILES string of the molecule is COCCS(=O)(=O)c1ccc(C(=O)NC(C)(CN)C(C)C)cc1.Cl. The molecule has 1 rings (SSSR count). The number of nitrogens with two attached hydrogens (primary N) is 1. The molecule has 1 amide bonds. The lowest BCUT2D eigenvalue weighted by Crippen LogP contribution is -2.55. The first-order valence-corrected chi connectivity index (χ1v) is 9.16. The van der Waals surface area contributed by atoms with Gasteiger partial charge in [0.1, 0.15) is 0 Å². The second kappa shape index (κ2) is 9.36. The summed E-state index contributed by atoms with van der Waals surface area (Å²) in [7, 11) is -1.94. The quantitative estimate of drug-likeness (QED) is 0.716. The third-order valence-corrected chi connectivity index (χ3v) is 5.82. The van der Waals surface area contributed by atoms with Gasteiger partial charge in [-0.05, 0) is 37.1 Å². The van der Waals surface area contributed by atoms with E-state index in [9.17, 15) is 13.2 Å². The van der Waals surface area contributed by atoms with Crippen LogP contribution in [0.4, 0.5) is 0 Å². The number of ether oxygens (including phenoxy) is 1. The van der Waals surface area contributed by atoms with Crippen molar-refractivity contribution in [2.75, 3.05) is 26.0 Å². The highest BCUT2D eigenvalue weighted by Crippen LogP contribution is 2.17. The summed E-state index contributed by atoms with van der Waals surface area (Å²) in [5.74, 6) is -0.189. The number of methoxy groups -OCH3 is 1. The van der Waals surface area contributed by atoms with Crippen molar-refractivity contribution >= 4 is 28.2 Å². The Morgan fingerprint density at radius 3 is 2.25 bits per heavy atom. The maximum absolute atomic E-state index is 12.3. The lowest BCUT2D eigenvalue weighted by Gasteiger charge is -2.33. The van der Waals surface area contributed by atoms with E-state index in [2.05, 4.69) is 5.32 Å². The molecule has 6 nitrogen and oxygen atoms in total. The number of hydrogen-bond acceptors (Lipinski definition) is 5. The van der Waals surface area contributed by atoms with E-state index in [1.54, 1.807) is 0 Å². The number of nitrogens with one attached hydrogen (secondary N) is 1. The molecule has 1 unspecified atom stereocenters. The summed E-state index contributed by atoms with van der Waals surface area (Å²) < 4.78 is 28.9. The number of rotatable bonds is 8. The zero-order valence-corrected chi connectivity index (χ0v) is 16.2. The van der Waals surface area contributed by atoms with E-state index < -0.39 is 15.4 Å². The van der Waals surface area contributed by atoms with Crippen LogP contribution in [0.15, 0.2) is 29.2 Å². The van der Waals surface area contributed by atoms with Gasteiger partial charge in [0.15, 0.2) is 9.84 Å². The van der Waals surface area contributed by atoms with Gasteiger partial charge in [-0.1, -0.05) is 13.8 Å². The lowest BCUT2D eigenvalue weighted by molar-refractivity contribution is 0.0883. The van der Waals surface area contributed by atoms with Crippen LogP contribution in [0.3, 0.4) is 0 Å². The first-order chi connectivity index (χ1) is 10.7. The summed E-state index contributed by atoms with van der Waals surface area (Å²) in [4.78, 5) is 12.5. The number of carbonyl (C=O) groups excluding carboxylic acids is 1. The molecule has 0 radical (unpaired) electrons. The van der Waals surface area contributed by atoms with E-state index >= 15 is 0 Å². The fourth-order valence-corrected chi connectivity index (χ4v) is 3.06. The molecule has 0 saturated carbocycles. The molecule has 0 bridgehead atoms. The van der Waals surface area contributed by atoms with Crippen molar-refractivity contribution in [2.45, 2.75) is 31.2 Å². The second-order valence-corrected chi connectivity index (χ2v) is 8.18. The van der Waals surface area contributed by atoms with Gasteiger partial charge in [0.2, 0.25) is 0 Å². The predicted molar refractivity (Wildman–Crippen MR) is 97.4 cm³/mol. The Kier molecular flexibility index (Phi) is 8.91. The molecular formula is C16H27ClN2O4S. The highest BCUT2D eigenvalue weighted by atomic mass is 35.5. The maximum Gasteiger partial charge on any atom is 0.251 e. The molecule has 8 heteroatoms. The second-order valence-electron chi connectivity index (χ2n) is 6.07. The van der Waals surface area contributed by atoms with Gasteiger partial charge in [0.25, 0.3) is 5.91 Å². The molecule has 1 aromatic carbocycles. The van der Waals surface area contributed by atoms with Gasteiger partial charge in [0.05, 0.1) is 22.8 Å². The van der Waals surface area contributed by atoms with Gasteiger partial charge in [0, 0.05) is 19.2 Å². The molecule has 1 aromatic rings. The van der Waals surface area contributed by atoms with Crippen LogP contribution < -0.4 is 11.1 Å². The van der Waals surface area contributed by atoms with Crippen LogP contribution in [0.1, 0.15) is 31.1 Å². The van der Waals surface area contributed by atoms with Gasteiger partial charge in [-0.15, -0.1) is 12.4 Å². The Hall–Kier alpha value is -1.15. The van der Waals surface area contributed by atoms with E-state index in [0.717, 1.165) is 0 Å². The molecule has 0 fully saturated rings. The van der Waals surface area contributed by atoms with Crippen LogP contribution in [-0.4, -0.2) is 45.9 Å². The highest BCUT2D eigenvalue weighted by molar-refractivity contribution is 7.91. The van der Waals surface area contributed by atoms with Crippen molar-refractivity contribution in [1.29, 1.82) is 0 Å². The third-order valence-electron chi connectivity index (χ3n) is 4.13. The average Bonchev–Trinajstić information content (AvgIpc) is 2.52. The smallest absolute Gasteiger partial charge is 0.251 e.